The van der Waals surface area contributed by atoms with Gasteiger partial charge in [-0.2, -0.15) is 0 Å². The lowest BCUT2D eigenvalue weighted by atomic mass is 9.95. The van der Waals surface area contributed by atoms with E-state index in [4.69, 9.17) is 8.83 Å². The summed E-state index contributed by atoms with van der Waals surface area (Å²) < 4.78 is 15.3. The zero-order chi connectivity index (χ0) is 50.1. The van der Waals surface area contributed by atoms with Gasteiger partial charge in [0, 0.05) is 66.2 Å². The lowest BCUT2D eigenvalue weighted by Gasteiger charge is -2.26. The largest absolute Gasteiger partial charge is 0.455 e. The van der Waals surface area contributed by atoms with Crippen molar-refractivity contribution in [3.8, 4) is 61.3 Å². The molecule has 12 aromatic carbocycles. The van der Waals surface area contributed by atoms with Crippen LogP contribution in [0.2, 0.25) is 0 Å². The summed E-state index contributed by atoms with van der Waals surface area (Å²) in [7, 11) is 0. The molecule has 4 heteroatoms. The summed E-state index contributed by atoms with van der Waals surface area (Å²) in [6.07, 6.45) is 0. The summed E-state index contributed by atoms with van der Waals surface area (Å²) in [6, 6.07) is 100. The molecule has 0 atom stereocenters. The molecule has 3 aromatic heterocycles. The van der Waals surface area contributed by atoms with Crippen molar-refractivity contribution in [2.75, 3.05) is 4.90 Å². The molecule has 0 bridgehead atoms. The van der Waals surface area contributed by atoms with Crippen molar-refractivity contribution in [3.63, 3.8) is 0 Å². The normalized spacial score (nSPS) is 11.7. The highest BCUT2D eigenvalue weighted by molar-refractivity contribution is 6.11. The van der Waals surface area contributed by atoms with Gasteiger partial charge in [-0.05, 0) is 129 Å². The van der Waals surface area contributed by atoms with Crippen LogP contribution in [0.15, 0.2) is 288 Å². The van der Waals surface area contributed by atoms with Gasteiger partial charge in [-0.15, -0.1) is 0 Å². The van der Waals surface area contributed by atoms with Gasteiger partial charge in [-0.1, -0.05) is 194 Å². The second kappa shape index (κ2) is 17.8. The Morgan fingerprint density at radius 2 is 0.618 bits per heavy atom. The molecule has 76 heavy (non-hydrogen) atoms. The van der Waals surface area contributed by atoms with E-state index in [1.165, 1.54) is 21.8 Å². The number of fused-ring (bicyclic) bond motifs is 9. The fraction of sp³-hybridized carbons (Fsp3) is 0. The second-order valence-corrected chi connectivity index (χ2v) is 19.6. The van der Waals surface area contributed by atoms with E-state index in [0.29, 0.717) is 0 Å². The Kier molecular flexibility index (Phi) is 10.2. The molecule has 356 valence electrons. The molecule has 0 radical (unpaired) electrons. The molecule has 0 fully saturated rings. The number of para-hydroxylation sites is 6. The maximum absolute atomic E-state index is 6.48. The van der Waals surface area contributed by atoms with E-state index in [9.17, 15) is 0 Å². The van der Waals surface area contributed by atoms with E-state index >= 15 is 0 Å². The Labute approximate surface area is 439 Å². The van der Waals surface area contributed by atoms with Crippen LogP contribution in [-0.4, -0.2) is 4.57 Å². The average molecular weight is 971 g/mol. The molecule has 0 aliphatic carbocycles. The van der Waals surface area contributed by atoms with Gasteiger partial charge in [0.05, 0.1) is 11.0 Å². The highest BCUT2D eigenvalue weighted by Gasteiger charge is 2.18. The summed E-state index contributed by atoms with van der Waals surface area (Å²) in [6.45, 7) is 0. The third kappa shape index (κ3) is 7.30. The van der Waals surface area contributed by atoms with Gasteiger partial charge in [0.15, 0.2) is 0 Å². The van der Waals surface area contributed by atoms with E-state index in [0.717, 1.165) is 122 Å². The van der Waals surface area contributed by atoms with E-state index < -0.39 is 0 Å². The van der Waals surface area contributed by atoms with Gasteiger partial charge in [0.2, 0.25) is 0 Å². The Morgan fingerprint density at radius 1 is 0.250 bits per heavy atom. The SMILES string of the molecule is c1cc(-c2ccc(N(c3ccc(-c4cccc(-n5c6ccccc6c6ccccc65)c4)cc3)c3ccc(-c4cccc5c4oc4ccccc45)cc3)cc2)cc(-c2cccc(-c3cccc4c3oc3ccccc34)c2)c1. The first-order valence-corrected chi connectivity index (χ1v) is 25.9. The van der Waals surface area contributed by atoms with Crippen LogP contribution in [0.4, 0.5) is 17.1 Å². The molecule has 0 N–H and O–H groups in total. The lowest BCUT2D eigenvalue weighted by Crippen LogP contribution is -2.09. The zero-order valence-corrected chi connectivity index (χ0v) is 41.3. The van der Waals surface area contributed by atoms with Crippen molar-refractivity contribution in [3.05, 3.63) is 279 Å². The second-order valence-electron chi connectivity index (χ2n) is 19.6. The Hall–Kier alpha value is -10.2. The summed E-state index contributed by atoms with van der Waals surface area (Å²) >= 11 is 0. The number of rotatable bonds is 9. The van der Waals surface area contributed by atoms with Crippen LogP contribution < -0.4 is 4.90 Å². The molecule has 15 rings (SSSR count). The number of hydrogen-bond acceptors (Lipinski definition) is 3. The molecule has 0 spiro atoms. The molecule has 4 nitrogen and oxygen atoms in total. The highest BCUT2D eigenvalue weighted by atomic mass is 16.3. The van der Waals surface area contributed by atoms with Crippen molar-refractivity contribution in [1.82, 2.24) is 4.57 Å². The predicted molar refractivity (Wildman–Crippen MR) is 317 cm³/mol. The minimum absolute atomic E-state index is 0.895. The average Bonchev–Trinajstić information content (AvgIpc) is 4.19. The molecule has 3 heterocycles. The molecule has 15 aromatic rings. The first-order chi connectivity index (χ1) is 37.7. The molecule has 0 saturated carbocycles. The first-order valence-electron chi connectivity index (χ1n) is 25.9. The number of hydrogen-bond donors (Lipinski definition) is 0. The summed E-state index contributed by atoms with van der Waals surface area (Å²) in [5, 5.41) is 7.02. The third-order valence-electron chi connectivity index (χ3n) is 15.2. The van der Waals surface area contributed by atoms with Crippen LogP contribution in [0.5, 0.6) is 0 Å². The predicted octanol–water partition coefficient (Wildman–Crippen LogP) is 20.4. The maximum Gasteiger partial charge on any atom is 0.143 e. The lowest BCUT2D eigenvalue weighted by molar-refractivity contribution is 0.669. The molecular weight excluding hydrogens is 925 g/mol. The van der Waals surface area contributed by atoms with Crippen molar-refractivity contribution >= 4 is 82.7 Å². The van der Waals surface area contributed by atoms with E-state index in [1.54, 1.807) is 0 Å². The van der Waals surface area contributed by atoms with E-state index in [-0.39, 0.29) is 0 Å². The molecule has 0 aliphatic heterocycles. The van der Waals surface area contributed by atoms with Crippen molar-refractivity contribution in [1.29, 1.82) is 0 Å². The standard InChI is InChI=1S/C72H46N2O2/c1-5-28-67-61(20-1)62-21-2-6-29-68(62)74(67)58-19-11-17-53(46-58)48-34-40-56(41-35-48)73(57-42-36-49(37-43-57)59-24-12-26-65-63-22-3-7-30-69(63)75-71(59)65)55-38-32-47(33-39-55)50-14-9-15-51(44-50)52-16-10-18-54(45-52)60-25-13-27-66-64-23-4-8-31-70(64)76-72(60)66/h1-46H. The fourth-order valence-electron chi connectivity index (χ4n) is 11.6. The number of anilines is 3. The van der Waals surface area contributed by atoms with Gasteiger partial charge in [-0.25, -0.2) is 0 Å². The first kappa shape index (κ1) is 43.4. The minimum Gasteiger partial charge on any atom is -0.455 e. The summed E-state index contributed by atoms with van der Waals surface area (Å²) in [5.41, 5.74) is 21.6. The van der Waals surface area contributed by atoms with Gasteiger partial charge >= 0.3 is 0 Å². The molecular formula is C72H46N2O2. The Balaban J connectivity index is 0.778. The molecule has 0 unspecified atom stereocenters. The smallest absolute Gasteiger partial charge is 0.143 e. The van der Waals surface area contributed by atoms with Gasteiger partial charge in [0.25, 0.3) is 0 Å². The molecule has 0 amide bonds. The number of benzene rings is 12. The highest BCUT2D eigenvalue weighted by Crippen LogP contribution is 2.42. The van der Waals surface area contributed by atoms with Crippen LogP contribution >= 0.6 is 0 Å². The zero-order valence-electron chi connectivity index (χ0n) is 41.3. The molecule has 0 saturated heterocycles. The van der Waals surface area contributed by atoms with Crippen LogP contribution in [0, 0.1) is 0 Å². The summed E-state index contributed by atoms with van der Waals surface area (Å²) in [4.78, 5) is 2.35. The van der Waals surface area contributed by atoms with E-state index in [1.807, 2.05) is 24.3 Å². The van der Waals surface area contributed by atoms with Gasteiger partial charge in [-0.3, -0.25) is 0 Å². The van der Waals surface area contributed by atoms with Crippen molar-refractivity contribution in [2.45, 2.75) is 0 Å². The maximum atomic E-state index is 6.48. The number of furan rings is 2. The monoisotopic (exact) mass is 970 g/mol. The fourth-order valence-corrected chi connectivity index (χ4v) is 11.6. The third-order valence-corrected chi connectivity index (χ3v) is 15.2. The quantitative estimate of drug-likeness (QED) is 0.145. The van der Waals surface area contributed by atoms with Gasteiger partial charge < -0.3 is 18.3 Å². The topological polar surface area (TPSA) is 34.5 Å². The van der Waals surface area contributed by atoms with Crippen LogP contribution in [0.3, 0.4) is 0 Å². The molecule has 0 aliphatic rings. The van der Waals surface area contributed by atoms with Crippen molar-refractivity contribution in [2.24, 2.45) is 0 Å². The van der Waals surface area contributed by atoms with Crippen LogP contribution in [0.25, 0.3) is 127 Å². The Bertz CT molecular complexity index is 4640. The van der Waals surface area contributed by atoms with Crippen molar-refractivity contribution < 1.29 is 8.83 Å². The minimum atomic E-state index is 0.895. The van der Waals surface area contributed by atoms with Crippen LogP contribution in [-0.2, 0) is 0 Å². The summed E-state index contributed by atoms with van der Waals surface area (Å²) in [5.74, 6) is 0. The van der Waals surface area contributed by atoms with E-state index in [2.05, 4.69) is 264 Å². The van der Waals surface area contributed by atoms with Gasteiger partial charge in [0.1, 0.15) is 22.3 Å². The van der Waals surface area contributed by atoms with Crippen LogP contribution in [0.1, 0.15) is 0 Å². The number of aromatic nitrogens is 1. The number of nitrogens with zero attached hydrogens (tertiary/aromatic N) is 2. The Morgan fingerprint density at radius 3 is 1.14 bits per heavy atom.